The SMILES string of the molecule is CCC(C(=O)NC(C)(C)C)N(Cc1ccc(C)cc1)C(=O)CN(c1cccc(Br)c1)S(=O)(=O)c1ccc(C)cc1. The lowest BCUT2D eigenvalue weighted by molar-refractivity contribution is -0.141. The van der Waals surface area contributed by atoms with Gasteiger partial charge in [0.2, 0.25) is 11.8 Å². The van der Waals surface area contributed by atoms with Gasteiger partial charge in [-0.25, -0.2) is 8.42 Å². The fourth-order valence-corrected chi connectivity index (χ4v) is 6.05. The third kappa shape index (κ3) is 8.17. The fraction of sp³-hybridized carbons (Fsp3) is 0.355. The van der Waals surface area contributed by atoms with E-state index in [0.717, 1.165) is 21.0 Å². The van der Waals surface area contributed by atoms with Crippen LogP contribution in [0.5, 0.6) is 0 Å². The van der Waals surface area contributed by atoms with Crippen LogP contribution in [0.2, 0.25) is 0 Å². The Kier molecular flexibility index (Phi) is 10.2. The molecule has 0 aliphatic heterocycles. The van der Waals surface area contributed by atoms with Crippen LogP contribution in [0.15, 0.2) is 82.2 Å². The summed E-state index contributed by atoms with van der Waals surface area (Å²) in [6, 6.07) is 20.3. The molecule has 9 heteroatoms. The molecule has 214 valence electrons. The summed E-state index contributed by atoms with van der Waals surface area (Å²) in [6.45, 7) is 11.0. The molecule has 0 spiro atoms. The summed E-state index contributed by atoms with van der Waals surface area (Å²) in [6.07, 6.45) is 0.362. The van der Waals surface area contributed by atoms with Crippen LogP contribution in [-0.2, 0) is 26.2 Å². The third-order valence-electron chi connectivity index (χ3n) is 6.34. The van der Waals surface area contributed by atoms with Gasteiger partial charge >= 0.3 is 0 Å². The van der Waals surface area contributed by atoms with Crippen LogP contribution >= 0.6 is 15.9 Å². The number of amides is 2. The molecule has 0 heterocycles. The number of rotatable bonds is 10. The normalized spacial score (nSPS) is 12.5. The molecule has 2 amide bonds. The van der Waals surface area contributed by atoms with Gasteiger partial charge in [-0.3, -0.25) is 13.9 Å². The molecular formula is C31H38BrN3O4S. The molecule has 3 aromatic rings. The minimum Gasteiger partial charge on any atom is -0.350 e. The Labute approximate surface area is 246 Å². The van der Waals surface area contributed by atoms with E-state index in [-0.39, 0.29) is 17.3 Å². The molecule has 1 unspecified atom stereocenters. The molecule has 40 heavy (non-hydrogen) atoms. The fourth-order valence-electron chi connectivity index (χ4n) is 4.26. The van der Waals surface area contributed by atoms with E-state index in [4.69, 9.17) is 0 Å². The Bertz CT molecular complexity index is 1430. The smallest absolute Gasteiger partial charge is 0.264 e. The van der Waals surface area contributed by atoms with Gasteiger partial charge in [0.05, 0.1) is 10.6 Å². The van der Waals surface area contributed by atoms with E-state index in [1.54, 1.807) is 36.4 Å². The van der Waals surface area contributed by atoms with E-state index in [2.05, 4.69) is 21.2 Å². The van der Waals surface area contributed by atoms with Gasteiger partial charge in [0.25, 0.3) is 10.0 Å². The van der Waals surface area contributed by atoms with E-state index >= 15 is 0 Å². The Hall–Kier alpha value is -3.17. The maximum absolute atomic E-state index is 14.1. The van der Waals surface area contributed by atoms with Gasteiger partial charge in [-0.2, -0.15) is 0 Å². The maximum atomic E-state index is 14.1. The van der Waals surface area contributed by atoms with Gasteiger partial charge in [0, 0.05) is 16.6 Å². The summed E-state index contributed by atoms with van der Waals surface area (Å²) in [4.78, 5) is 29.1. The molecule has 3 rings (SSSR count). The second kappa shape index (κ2) is 13.0. The van der Waals surface area contributed by atoms with Crippen molar-refractivity contribution in [3.8, 4) is 0 Å². The van der Waals surface area contributed by atoms with Crippen molar-refractivity contribution >= 4 is 43.5 Å². The molecule has 0 bridgehead atoms. The van der Waals surface area contributed by atoms with Crippen LogP contribution < -0.4 is 9.62 Å². The van der Waals surface area contributed by atoms with E-state index in [9.17, 15) is 18.0 Å². The monoisotopic (exact) mass is 627 g/mol. The van der Waals surface area contributed by atoms with Gasteiger partial charge in [-0.1, -0.05) is 76.4 Å². The summed E-state index contributed by atoms with van der Waals surface area (Å²) in [7, 11) is -4.11. The number of carbonyl (C=O) groups is 2. The number of sulfonamides is 1. The number of nitrogens with zero attached hydrogens (tertiary/aromatic N) is 2. The molecule has 0 saturated carbocycles. The third-order valence-corrected chi connectivity index (χ3v) is 8.62. The van der Waals surface area contributed by atoms with Crippen molar-refractivity contribution in [1.29, 1.82) is 0 Å². The second-order valence-electron chi connectivity index (χ2n) is 11.0. The quantitative estimate of drug-likeness (QED) is 0.299. The van der Waals surface area contributed by atoms with Crippen molar-refractivity contribution in [2.75, 3.05) is 10.8 Å². The minimum atomic E-state index is -4.11. The highest BCUT2D eigenvalue weighted by atomic mass is 79.9. The number of hydrogen-bond acceptors (Lipinski definition) is 4. The summed E-state index contributed by atoms with van der Waals surface area (Å²) in [5.74, 6) is -0.766. The van der Waals surface area contributed by atoms with Crippen molar-refractivity contribution in [1.82, 2.24) is 10.2 Å². The van der Waals surface area contributed by atoms with Crippen LogP contribution in [0, 0.1) is 13.8 Å². The molecule has 1 N–H and O–H groups in total. The van der Waals surface area contributed by atoms with Crippen molar-refractivity contribution < 1.29 is 18.0 Å². The van der Waals surface area contributed by atoms with Crippen molar-refractivity contribution in [3.63, 3.8) is 0 Å². The molecule has 3 aromatic carbocycles. The van der Waals surface area contributed by atoms with Crippen molar-refractivity contribution in [2.24, 2.45) is 0 Å². The van der Waals surface area contributed by atoms with E-state index in [0.29, 0.717) is 16.6 Å². The Balaban J connectivity index is 2.07. The molecule has 0 fully saturated rings. The number of halogens is 1. The second-order valence-corrected chi connectivity index (χ2v) is 13.8. The van der Waals surface area contributed by atoms with Crippen LogP contribution in [0.1, 0.15) is 50.8 Å². The first-order chi connectivity index (χ1) is 18.7. The predicted molar refractivity (Wildman–Crippen MR) is 164 cm³/mol. The zero-order valence-corrected chi connectivity index (χ0v) is 26.3. The van der Waals surface area contributed by atoms with Gasteiger partial charge in [-0.15, -0.1) is 0 Å². The Morgan fingerprint density at radius 1 is 0.925 bits per heavy atom. The molecule has 7 nitrogen and oxygen atoms in total. The molecule has 0 aromatic heterocycles. The van der Waals surface area contributed by atoms with E-state index < -0.39 is 34.1 Å². The standard InChI is InChI=1S/C31H38BrN3O4S/c1-7-28(30(37)33-31(4,5)6)34(20-24-15-11-22(2)12-16-24)29(36)21-35(26-10-8-9-25(32)19-26)40(38,39)27-17-13-23(3)14-18-27/h8-19,28H,7,20-21H2,1-6H3,(H,33,37). The first kappa shape index (κ1) is 31.4. The predicted octanol–water partition coefficient (Wildman–Crippen LogP) is 5.98. The molecule has 0 radical (unpaired) electrons. The van der Waals surface area contributed by atoms with Gasteiger partial charge < -0.3 is 10.2 Å². The van der Waals surface area contributed by atoms with E-state index in [1.165, 1.54) is 17.0 Å². The van der Waals surface area contributed by atoms with Gasteiger partial charge in [0.1, 0.15) is 12.6 Å². The van der Waals surface area contributed by atoms with Crippen molar-refractivity contribution in [3.05, 3.63) is 94.0 Å². The first-order valence-electron chi connectivity index (χ1n) is 13.2. The highest BCUT2D eigenvalue weighted by molar-refractivity contribution is 9.10. The lowest BCUT2D eigenvalue weighted by Crippen LogP contribution is -2.55. The molecule has 0 saturated heterocycles. The average molecular weight is 629 g/mol. The Morgan fingerprint density at radius 2 is 1.50 bits per heavy atom. The van der Waals surface area contributed by atoms with Crippen LogP contribution in [0.3, 0.4) is 0 Å². The van der Waals surface area contributed by atoms with Crippen LogP contribution in [-0.4, -0.2) is 43.3 Å². The molecule has 0 aliphatic rings. The maximum Gasteiger partial charge on any atom is 0.264 e. The minimum absolute atomic E-state index is 0.0773. The largest absolute Gasteiger partial charge is 0.350 e. The zero-order valence-electron chi connectivity index (χ0n) is 23.9. The number of hydrogen-bond donors (Lipinski definition) is 1. The van der Waals surface area contributed by atoms with Gasteiger partial charge in [-0.05, 0) is 76.9 Å². The number of anilines is 1. The average Bonchev–Trinajstić information content (AvgIpc) is 2.87. The molecule has 0 aliphatic carbocycles. The summed E-state index contributed by atoms with van der Waals surface area (Å²) in [5, 5.41) is 2.98. The first-order valence-corrected chi connectivity index (χ1v) is 15.5. The van der Waals surface area contributed by atoms with Crippen LogP contribution in [0.25, 0.3) is 0 Å². The van der Waals surface area contributed by atoms with Crippen molar-refractivity contribution in [2.45, 2.75) is 71.0 Å². The number of benzene rings is 3. The highest BCUT2D eigenvalue weighted by Crippen LogP contribution is 2.27. The lowest BCUT2D eigenvalue weighted by Gasteiger charge is -2.34. The number of carbonyl (C=O) groups excluding carboxylic acids is 2. The zero-order chi connectivity index (χ0) is 29.7. The molecule has 1 atom stereocenters. The highest BCUT2D eigenvalue weighted by Gasteiger charge is 2.34. The summed E-state index contributed by atoms with van der Waals surface area (Å²) < 4.78 is 29.6. The summed E-state index contributed by atoms with van der Waals surface area (Å²) >= 11 is 3.42. The lowest BCUT2D eigenvalue weighted by atomic mass is 10.1. The number of nitrogens with one attached hydrogen (secondary N) is 1. The van der Waals surface area contributed by atoms with Crippen LogP contribution in [0.4, 0.5) is 5.69 Å². The van der Waals surface area contributed by atoms with Gasteiger partial charge in [0.15, 0.2) is 0 Å². The van der Waals surface area contributed by atoms with E-state index in [1.807, 2.05) is 65.8 Å². The molecular weight excluding hydrogens is 590 g/mol. The summed E-state index contributed by atoms with van der Waals surface area (Å²) in [5.41, 5.74) is 2.68. The topological polar surface area (TPSA) is 86.8 Å². The Morgan fingerprint density at radius 3 is 2.02 bits per heavy atom. The number of aryl methyl sites for hydroxylation is 2.